The Labute approximate surface area is 118 Å². The van der Waals surface area contributed by atoms with E-state index in [-0.39, 0.29) is 11.9 Å². The van der Waals surface area contributed by atoms with Crippen LogP contribution in [-0.4, -0.2) is 23.4 Å². The van der Waals surface area contributed by atoms with Gasteiger partial charge >= 0.3 is 0 Å². The summed E-state index contributed by atoms with van der Waals surface area (Å²) in [6.07, 6.45) is 2.23. The number of rotatable bonds is 6. The van der Waals surface area contributed by atoms with E-state index in [4.69, 9.17) is 4.74 Å². The Morgan fingerprint density at radius 2 is 2.15 bits per heavy atom. The first-order valence-corrected chi connectivity index (χ1v) is 6.70. The second-order valence-corrected chi connectivity index (χ2v) is 4.63. The molecule has 0 spiro atoms. The van der Waals surface area contributed by atoms with Crippen LogP contribution in [0.3, 0.4) is 0 Å². The first-order chi connectivity index (χ1) is 9.67. The Kier molecular flexibility index (Phi) is 4.74. The molecule has 0 bridgehead atoms. The minimum atomic E-state index is -0.184. The van der Waals surface area contributed by atoms with Gasteiger partial charge in [0.25, 0.3) is 0 Å². The number of aromatic nitrogens is 2. The van der Waals surface area contributed by atoms with Gasteiger partial charge in [0.05, 0.1) is 25.0 Å². The zero-order valence-corrected chi connectivity index (χ0v) is 12.1. The molecule has 0 fully saturated rings. The molecule has 2 aromatic rings. The van der Waals surface area contributed by atoms with Gasteiger partial charge in [-0.2, -0.15) is 5.10 Å². The third kappa shape index (κ3) is 2.99. The molecule has 0 saturated carbocycles. The Hall–Kier alpha value is -1.88. The lowest BCUT2D eigenvalue weighted by atomic mass is 10.0. The molecule has 0 amide bonds. The van der Waals surface area contributed by atoms with Crippen LogP contribution in [0.2, 0.25) is 0 Å². The van der Waals surface area contributed by atoms with Gasteiger partial charge in [-0.3, -0.25) is 4.68 Å². The lowest BCUT2D eigenvalue weighted by molar-refractivity contribution is 0.393. The van der Waals surface area contributed by atoms with E-state index in [0.29, 0.717) is 12.0 Å². The molecule has 2 rings (SSSR count). The van der Waals surface area contributed by atoms with Gasteiger partial charge in [0, 0.05) is 7.05 Å². The Bertz CT molecular complexity index is 568. The molecule has 1 atom stereocenters. The maximum absolute atomic E-state index is 13.8. The van der Waals surface area contributed by atoms with Crippen molar-refractivity contribution in [1.29, 1.82) is 0 Å². The Balaban J connectivity index is 2.32. The lowest BCUT2D eigenvalue weighted by Gasteiger charge is -2.20. The topological polar surface area (TPSA) is 39.1 Å². The molecular weight excluding hydrogens is 257 g/mol. The highest BCUT2D eigenvalue weighted by molar-refractivity contribution is 5.30. The van der Waals surface area contributed by atoms with Crippen LogP contribution in [0.4, 0.5) is 4.39 Å². The zero-order valence-electron chi connectivity index (χ0n) is 12.1. The van der Waals surface area contributed by atoms with E-state index in [2.05, 4.69) is 10.4 Å². The van der Waals surface area contributed by atoms with Crippen LogP contribution in [0.15, 0.2) is 30.5 Å². The summed E-state index contributed by atoms with van der Waals surface area (Å²) in [7, 11) is 3.48. The van der Waals surface area contributed by atoms with Gasteiger partial charge in [-0.05, 0) is 24.6 Å². The molecule has 0 aliphatic carbocycles. The third-order valence-electron chi connectivity index (χ3n) is 3.33. The van der Waals surface area contributed by atoms with E-state index in [1.165, 1.54) is 6.07 Å². The average molecular weight is 277 g/mol. The number of ether oxygens (including phenoxy) is 1. The minimum absolute atomic E-state index is 0.0423. The van der Waals surface area contributed by atoms with Crippen molar-refractivity contribution in [2.75, 3.05) is 13.7 Å². The molecule has 1 N–H and O–H groups in total. The second-order valence-electron chi connectivity index (χ2n) is 4.63. The van der Waals surface area contributed by atoms with E-state index in [9.17, 15) is 4.39 Å². The summed E-state index contributed by atoms with van der Waals surface area (Å²) in [5.41, 5.74) is 1.61. The number of nitrogens with one attached hydrogen (secondary N) is 1. The monoisotopic (exact) mass is 277 g/mol. The van der Waals surface area contributed by atoms with Crippen LogP contribution in [0.5, 0.6) is 5.75 Å². The quantitative estimate of drug-likeness (QED) is 0.881. The number of methoxy groups -OCH3 is 1. The maximum Gasteiger partial charge on any atom is 0.161 e. The fourth-order valence-corrected chi connectivity index (χ4v) is 2.38. The SMILES string of the molecule is CCNC(Cc1ccccc1F)c1c(OC)cnn1C. The molecule has 108 valence electrons. The van der Waals surface area contributed by atoms with Crippen molar-refractivity contribution in [1.82, 2.24) is 15.1 Å². The summed E-state index contributed by atoms with van der Waals surface area (Å²) in [5, 5.41) is 7.58. The van der Waals surface area contributed by atoms with Gasteiger partial charge in [0.1, 0.15) is 5.82 Å². The van der Waals surface area contributed by atoms with Gasteiger partial charge in [-0.1, -0.05) is 25.1 Å². The minimum Gasteiger partial charge on any atom is -0.493 e. The molecule has 20 heavy (non-hydrogen) atoms. The molecule has 1 aromatic carbocycles. The molecule has 0 radical (unpaired) electrons. The molecule has 1 aromatic heterocycles. The first-order valence-electron chi connectivity index (χ1n) is 6.70. The van der Waals surface area contributed by atoms with E-state index in [1.54, 1.807) is 24.1 Å². The highest BCUT2D eigenvalue weighted by Crippen LogP contribution is 2.27. The van der Waals surface area contributed by atoms with Crippen molar-refractivity contribution < 1.29 is 9.13 Å². The van der Waals surface area contributed by atoms with E-state index >= 15 is 0 Å². The summed E-state index contributed by atoms with van der Waals surface area (Å²) in [5.74, 6) is 0.534. The molecule has 1 unspecified atom stereocenters. The summed E-state index contributed by atoms with van der Waals surface area (Å²) in [4.78, 5) is 0. The van der Waals surface area contributed by atoms with Gasteiger partial charge in [0.15, 0.2) is 5.75 Å². The summed E-state index contributed by atoms with van der Waals surface area (Å²) in [6.45, 7) is 2.81. The Morgan fingerprint density at radius 1 is 1.40 bits per heavy atom. The predicted molar refractivity (Wildman–Crippen MR) is 76.3 cm³/mol. The molecular formula is C15H20FN3O. The molecule has 0 saturated heterocycles. The Morgan fingerprint density at radius 3 is 2.80 bits per heavy atom. The van der Waals surface area contributed by atoms with Crippen molar-refractivity contribution in [3.05, 3.63) is 47.5 Å². The maximum atomic E-state index is 13.8. The van der Waals surface area contributed by atoms with Gasteiger partial charge in [-0.25, -0.2) is 4.39 Å². The first kappa shape index (κ1) is 14.5. The van der Waals surface area contributed by atoms with Crippen LogP contribution in [0.25, 0.3) is 0 Å². The predicted octanol–water partition coefficient (Wildman–Crippen LogP) is 2.46. The van der Waals surface area contributed by atoms with Gasteiger partial charge in [0.2, 0.25) is 0 Å². The number of nitrogens with zero attached hydrogens (tertiary/aromatic N) is 2. The lowest BCUT2D eigenvalue weighted by Crippen LogP contribution is -2.26. The highest BCUT2D eigenvalue weighted by atomic mass is 19.1. The van der Waals surface area contributed by atoms with E-state index in [0.717, 1.165) is 18.0 Å². The van der Waals surface area contributed by atoms with Gasteiger partial charge < -0.3 is 10.1 Å². The van der Waals surface area contributed by atoms with Crippen molar-refractivity contribution in [2.24, 2.45) is 7.05 Å². The number of halogens is 1. The average Bonchev–Trinajstić information content (AvgIpc) is 2.81. The largest absolute Gasteiger partial charge is 0.493 e. The summed E-state index contributed by atoms with van der Waals surface area (Å²) in [6, 6.07) is 6.80. The zero-order chi connectivity index (χ0) is 14.5. The molecule has 0 aliphatic heterocycles. The van der Waals surface area contributed by atoms with Crippen molar-refractivity contribution >= 4 is 0 Å². The summed E-state index contributed by atoms with van der Waals surface area (Å²) < 4.78 is 20.9. The molecule has 5 heteroatoms. The van der Waals surface area contributed by atoms with Crippen molar-refractivity contribution in [3.8, 4) is 5.75 Å². The van der Waals surface area contributed by atoms with Crippen molar-refractivity contribution in [3.63, 3.8) is 0 Å². The van der Waals surface area contributed by atoms with Crippen LogP contribution in [0.1, 0.15) is 24.2 Å². The number of benzene rings is 1. The normalized spacial score (nSPS) is 12.4. The van der Waals surface area contributed by atoms with Crippen LogP contribution < -0.4 is 10.1 Å². The molecule has 1 heterocycles. The fourth-order valence-electron chi connectivity index (χ4n) is 2.38. The fraction of sp³-hybridized carbons (Fsp3) is 0.400. The van der Waals surface area contributed by atoms with Gasteiger partial charge in [-0.15, -0.1) is 0 Å². The van der Waals surface area contributed by atoms with Crippen LogP contribution in [-0.2, 0) is 13.5 Å². The molecule has 4 nitrogen and oxygen atoms in total. The highest BCUT2D eigenvalue weighted by Gasteiger charge is 2.21. The number of aryl methyl sites for hydroxylation is 1. The van der Waals surface area contributed by atoms with E-state index in [1.807, 2.05) is 26.1 Å². The standard InChI is InChI=1S/C15H20FN3O/c1-4-17-13(9-11-7-5-6-8-12(11)16)15-14(20-3)10-18-19(15)2/h5-8,10,13,17H,4,9H2,1-3H3. The third-order valence-corrected chi connectivity index (χ3v) is 3.33. The van der Waals surface area contributed by atoms with Crippen LogP contribution >= 0.6 is 0 Å². The second kappa shape index (κ2) is 6.52. The van der Waals surface area contributed by atoms with E-state index < -0.39 is 0 Å². The van der Waals surface area contributed by atoms with Crippen LogP contribution in [0, 0.1) is 5.82 Å². The number of likely N-dealkylation sites (N-methyl/N-ethyl adjacent to an activating group) is 1. The smallest absolute Gasteiger partial charge is 0.161 e. The van der Waals surface area contributed by atoms with Crippen molar-refractivity contribution in [2.45, 2.75) is 19.4 Å². The number of hydrogen-bond donors (Lipinski definition) is 1. The number of hydrogen-bond acceptors (Lipinski definition) is 3. The molecule has 0 aliphatic rings. The summed E-state index contributed by atoms with van der Waals surface area (Å²) >= 11 is 0.